The van der Waals surface area contributed by atoms with E-state index < -0.39 is 0 Å². The van der Waals surface area contributed by atoms with E-state index in [1.54, 1.807) is 7.11 Å². The van der Waals surface area contributed by atoms with Crippen molar-refractivity contribution in [1.29, 1.82) is 0 Å². The molecule has 0 saturated carbocycles. The first kappa shape index (κ1) is 17.2. The highest BCUT2D eigenvalue weighted by Gasteiger charge is 2.13. The van der Waals surface area contributed by atoms with Crippen molar-refractivity contribution in [3.63, 3.8) is 0 Å². The molecule has 1 amide bonds. The summed E-state index contributed by atoms with van der Waals surface area (Å²) in [6.45, 7) is 4.05. The Hall–Kier alpha value is -2.20. The third kappa shape index (κ3) is 4.63. The van der Waals surface area contributed by atoms with E-state index in [-0.39, 0.29) is 18.5 Å². The summed E-state index contributed by atoms with van der Waals surface area (Å²) in [4.78, 5) is 12.1. The number of nitrogens with one attached hydrogen (secondary N) is 2. The SMILES string of the molecule is COc1ccccc1C(C)NC(=O)CNc1ccc(C)cc1Cl. The smallest absolute Gasteiger partial charge is 0.239 e. The number of para-hydroxylation sites is 1. The highest BCUT2D eigenvalue weighted by Crippen LogP contribution is 2.24. The number of ether oxygens (including phenoxy) is 1. The van der Waals surface area contributed by atoms with Gasteiger partial charge in [-0.1, -0.05) is 35.9 Å². The van der Waals surface area contributed by atoms with E-state index in [1.165, 1.54) is 0 Å². The Morgan fingerprint density at radius 3 is 2.70 bits per heavy atom. The molecule has 5 heteroatoms. The number of hydrogen-bond acceptors (Lipinski definition) is 3. The van der Waals surface area contributed by atoms with Crippen molar-refractivity contribution < 1.29 is 9.53 Å². The van der Waals surface area contributed by atoms with E-state index in [0.717, 1.165) is 22.6 Å². The predicted molar refractivity (Wildman–Crippen MR) is 94.2 cm³/mol. The molecule has 0 spiro atoms. The van der Waals surface area contributed by atoms with Crippen LogP contribution in [0, 0.1) is 6.92 Å². The minimum absolute atomic E-state index is 0.111. The maximum absolute atomic E-state index is 12.1. The largest absolute Gasteiger partial charge is 0.496 e. The van der Waals surface area contributed by atoms with Crippen LogP contribution in [0.15, 0.2) is 42.5 Å². The minimum Gasteiger partial charge on any atom is -0.496 e. The maximum Gasteiger partial charge on any atom is 0.239 e. The second-order valence-electron chi connectivity index (χ2n) is 5.37. The molecule has 2 N–H and O–H groups in total. The van der Waals surface area contributed by atoms with E-state index in [2.05, 4.69) is 10.6 Å². The van der Waals surface area contributed by atoms with Crippen LogP contribution in [0.2, 0.25) is 5.02 Å². The molecule has 2 aromatic carbocycles. The summed E-state index contributed by atoms with van der Waals surface area (Å²) in [6.07, 6.45) is 0. The molecule has 0 heterocycles. The van der Waals surface area contributed by atoms with Gasteiger partial charge in [-0.3, -0.25) is 4.79 Å². The number of benzene rings is 2. The molecule has 0 aromatic heterocycles. The van der Waals surface area contributed by atoms with Crippen LogP contribution in [-0.2, 0) is 4.79 Å². The molecule has 0 saturated heterocycles. The Kier molecular flexibility index (Phi) is 5.88. The summed E-state index contributed by atoms with van der Waals surface area (Å²) in [5, 5.41) is 6.60. The van der Waals surface area contributed by atoms with Crippen molar-refractivity contribution in [2.24, 2.45) is 0 Å². The van der Waals surface area contributed by atoms with Gasteiger partial charge in [-0.15, -0.1) is 0 Å². The van der Waals surface area contributed by atoms with Crippen LogP contribution in [0.25, 0.3) is 0 Å². The second-order valence-corrected chi connectivity index (χ2v) is 5.78. The number of rotatable bonds is 6. The van der Waals surface area contributed by atoms with Crippen LogP contribution in [0.4, 0.5) is 5.69 Å². The van der Waals surface area contributed by atoms with Gasteiger partial charge in [0.2, 0.25) is 5.91 Å². The first-order valence-corrected chi connectivity index (χ1v) is 7.81. The molecule has 0 aliphatic heterocycles. The summed E-state index contributed by atoms with van der Waals surface area (Å²) in [6, 6.07) is 13.2. The number of carbonyl (C=O) groups is 1. The summed E-state index contributed by atoms with van der Waals surface area (Å²) in [5.74, 6) is 0.648. The fourth-order valence-electron chi connectivity index (χ4n) is 2.33. The number of methoxy groups -OCH3 is 1. The number of halogens is 1. The van der Waals surface area contributed by atoms with Gasteiger partial charge in [0.25, 0.3) is 0 Å². The van der Waals surface area contributed by atoms with Crippen LogP contribution in [0.1, 0.15) is 24.1 Å². The molecule has 0 radical (unpaired) electrons. The van der Waals surface area contributed by atoms with Crippen LogP contribution >= 0.6 is 11.6 Å². The maximum atomic E-state index is 12.1. The lowest BCUT2D eigenvalue weighted by molar-refractivity contribution is -0.120. The van der Waals surface area contributed by atoms with Gasteiger partial charge in [-0.2, -0.15) is 0 Å². The molecule has 0 aliphatic carbocycles. The van der Waals surface area contributed by atoms with Gasteiger partial charge in [-0.25, -0.2) is 0 Å². The van der Waals surface area contributed by atoms with Crippen LogP contribution < -0.4 is 15.4 Å². The topological polar surface area (TPSA) is 50.4 Å². The number of carbonyl (C=O) groups excluding carboxylic acids is 1. The zero-order valence-corrected chi connectivity index (χ0v) is 14.3. The monoisotopic (exact) mass is 332 g/mol. The van der Waals surface area contributed by atoms with Crippen molar-refractivity contribution >= 4 is 23.2 Å². The number of amides is 1. The van der Waals surface area contributed by atoms with Crippen LogP contribution in [-0.4, -0.2) is 19.6 Å². The Labute approximate surface area is 141 Å². The third-order valence-corrected chi connectivity index (χ3v) is 3.86. The lowest BCUT2D eigenvalue weighted by Crippen LogP contribution is -2.32. The average molecular weight is 333 g/mol. The summed E-state index contributed by atoms with van der Waals surface area (Å²) in [5.41, 5.74) is 2.77. The van der Waals surface area contributed by atoms with E-state index >= 15 is 0 Å². The molecule has 0 fully saturated rings. The number of hydrogen-bond donors (Lipinski definition) is 2. The molecule has 1 atom stereocenters. The van der Waals surface area contributed by atoms with Crippen molar-refractivity contribution in [3.05, 3.63) is 58.6 Å². The first-order valence-electron chi connectivity index (χ1n) is 7.43. The molecular weight excluding hydrogens is 312 g/mol. The van der Waals surface area contributed by atoms with Gasteiger partial charge in [0.1, 0.15) is 5.75 Å². The predicted octanol–water partition coefficient (Wildman–Crippen LogP) is 3.95. The summed E-state index contributed by atoms with van der Waals surface area (Å²) >= 11 is 6.14. The fraction of sp³-hybridized carbons (Fsp3) is 0.278. The van der Waals surface area contributed by atoms with E-state index in [0.29, 0.717) is 5.02 Å². The van der Waals surface area contributed by atoms with Gasteiger partial charge in [-0.05, 0) is 37.6 Å². The third-order valence-electron chi connectivity index (χ3n) is 3.55. The number of anilines is 1. The van der Waals surface area contributed by atoms with Crippen LogP contribution in [0.5, 0.6) is 5.75 Å². The quantitative estimate of drug-likeness (QED) is 0.842. The second kappa shape index (κ2) is 7.88. The lowest BCUT2D eigenvalue weighted by Gasteiger charge is -2.17. The molecule has 0 bridgehead atoms. The van der Waals surface area contributed by atoms with Gasteiger partial charge in [0, 0.05) is 5.56 Å². The first-order chi connectivity index (χ1) is 11.0. The van der Waals surface area contributed by atoms with Crippen molar-refractivity contribution in [3.8, 4) is 5.75 Å². The van der Waals surface area contributed by atoms with Gasteiger partial charge in [0.15, 0.2) is 0 Å². The molecule has 2 rings (SSSR count). The fourth-order valence-corrected chi connectivity index (χ4v) is 2.64. The summed E-state index contributed by atoms with van der Waals surface area (Å²) < 4.78 is 5.32. The van der Waals surface area contributed by atoms with E-state index in [4.69, 9.17) is 16.3 Å². The molecule has 122 valence electrons. The molecular formula is C18H21ClN2O2. The van der Waals surface area contributed by atoms with Gasteiger partial charge in [0.05, 0.1) is 30.4 Å². The van der Waals surface area contributed by atoms with Crippen LogP contribution in [0.3, 0.4) is 0 Å². The molecule has 0 aliphatic rings. The van der Waals surface area contributed by atoms with E-state index in [9.17, 15) is 4.79 Å². The van der Waals surface area contributed by atoms with Gasteiger partial charge >= 0.3 is 0 Å². The van der Waals surface area contributed by atoms with Crippen molar-refractivity contribution in [2.75, 3.05) is 19.0 Å². The van der Waals surface area contributed by atoms with Gasteiger partial charge < -0.3 is 15.4 Å². The minimum atomic E-state index is -0.145. The van der Waals surface area contributed by atoms with E-state index in [1.807, 2.05) is 56.3 Å². The Morgan fingerprint density at radius 2 is 2.00 bits per heavy atom. The average Bonchev–Trinajstić information content (AvgIpc) is 2.54. The number of aryl methyl sites for hydroxylation is 1. The Bertz CT molecular complexity index is 688. The highest BCUT2D eigenvalue weighted by molar-refractivity contribution is 6.33. The molecule has 23 heavy (non-hydrogen) atoms. The zero-order chi connectivity index (χ0) is 16.8. The van der Waals surface area contributed by atoms with Crippen molar-refractivity contribution in [1.82, 2.24) is 5.32 Å². The molecule has 4 nitrogen and oxygen atoms in total. The summed E-state index contributed by atoms with van der Waals surface area (Å²) in [7, 11) is 1.62. The molecule has 1 unspecified atom stereocenters. The highest BCUT2D eigenvalue weighted by atomic mass is 35.5. The molecule has 2 aromatic rings. The zero-order valence-electron chi connectivity index (χ0n) is 13.5. The standard InChI is InChI=1S/C18H21ClN2O2/c1-12-8-9-16(15(19)10-12)20-11-18(22)21-13(2)14-6-4-5-7-17(14)23-3/h4-10,13,20H,11H2,1-3H3,(H,21,22). The van der Waals surface area contributed by atoms with Crippen molar-refractivity contribution in [2.45, 2.75) is 19.9 Å². The Balaban J connectivity index is 1.94. The normalized spacial score (nSPS) is 11.7. The lowest BCUT2D eigenvalue weighted by atomic mass is 10.1. The Morgan fingerprint density at radius 1 is 1.26 bits per heavy atom.